The second-order valence-corrected chi connectivity index (χ2v) is 5.39. The molecule has 3 aromatic rings. The molecule has 0 bridgehead atoms. The van der Waals surface area contributed by atoms with Gasteiger partial charge in [0.25, 0.3) is 5.56 Å². The number of hydrogen-bond donors (Lipinski definition) is 1. The summed E-state index contributed by atoms with van der Waals surface area (Å²) >= 11 is 0. The van der Waals surface area contributed by atoms with Crippen LogP contribution in [0, 0.1) is 0 Å². The maximum Gasteiger partial charge on any atom is 0.328 e. The van der Waals surface area contributed by atoms with Crippen molar-refractivity contribution in [3.8, 4) is 0 Å². The molecule has 2 aromatic heterocycles. The maximum absolute atomic E-state index is 12.6. The minimum atomic E-state index is -0.415. The third-order valence-corrected chi connectivity index (χ3v) is 3.74. The standard InChI is InChI=1S/C16H17N3O3/c1-18(2)13(14-8-5-9-22-14)10-19-15(20)11-6-3-4-7-12(11)17-16(19)21/h3-9,13H,10H2,1-2H3,(H,17,21)/t13-/m0/s1. The Morgan fingerprint density at radius 1 is 1.18 bits per heavy atom. The van der Waals surface area contributed by atoms with Crippen LogP contribution in [0.1, 0.15) is 11.8 Å². The number of likely N-dealkylation sites (N-methyl/N-ethyl adjacent to an activating group) is 1. The van der Waals surface area contributed by atoms with Crippen molar-refractivity contribution >= 4 is 10.9 Å². The van der Waals surface area contributed by atoms with Crippen molar-refractivity contribution in [1.82, 2.24) is 14.5 Å². The minimum absolute atomic E-state index is 0.199. The second kappa shape index (κ2) is 5.65. The van der Waals surface area contributed by atoms with Crippen LogP contribution in [0.2, 0.25) is 0 Å². The van der Waals surface area contributed by atoms with Crippen LogP contribution in [0.15, 0.2) is 56.7 Å². The lowest BCUT2D eigenvalue weighted by atomic mass is 10.2. The van der Waals surface area contributed by atoms with Crippen molar-refractivity contribution in [2.75, 3.05) is 14.1 Å². The zero-order valence-corrected chi connectivity index (χ0v) is 12.4. The van der Waals surface area contributed by atoms with E-state index in [0.29, 0.717) is 16.7 Å². The number of para-hydroxylation sites is 1. The predicted molar refractivity (Wildman–Crippen MR) is 84.0 cm³/mol. The zero-order chi connectivity index (χ0) is 15.7. The molecular weight excluding hydrogens is 282 g/mol. The SMILES string of the molecule is CN(C)[C@@H](Cn1c(=O)[nH]c2ccccc2c1=O)c1ccco1. The summed E-state index contributed by atoms with van der Waals surface area (Å²) in [5, 5.41) is 0.499. The fourth-order valence-corrected chi connectivity index (χ4v) is 2.53. The van der Waals surface area contributed by atoms with Gasteiger partial charge in [-0.05, 0) is 38.4 Å². The third kappa shape index (κ3) is 2.48. The Hall–Kier alpha value is -2.60. The molecule has 2 heterocycles. The number of H-pyrrole nitrogens is 1. The van der Waals surface area contributed by atoms with E-state index in [1.54, 1.807) is 36.6 Å². The molecule has 1 aromatic carbocycles. The molecule has 0 aliphatic carbocycles. The summed E-state index contributed by atoms with van der Waals surface area (Å²) in [7, 11) is 3.76. The number of aromatic nitrogens is 2. The summed E-state index contributed by atoms with van der Waals surface area (Å²) in [4.78, 5) is 29.5. The summed E-state index contributed by atoms with van der Waals surface area (Å²) in [6.07, 6.45) is 1.58. The van der Waals surface area contributed by atoms with Gasteiger partial charge in [-0.15, -0.1) is 0 Å². The van der Waals surface area contributed by atoms with Crippen LogP contribution in [-0.2, 0) is 6.54 Å². The van der Waals surface area contributed by atoms with Gasteiger partial charge in [-0.2, -0.15) is 0 Å². The predicted octanol–water partition coefficient (Wildman–Crippen LogP) is 1.59. The van der Waals surface area contributed by atoms with Gasteiger partial charge in [0.15, 0.2) is 0 Å². The summed E-state index contributed by atoms with van der Waals surface area (Å²) in [5.74, 6) is 0.712. The zero-order valence-electron chi connectivity index (χ0n) is 12.4. The van der Waals surface area contributed by atoms with E-state index in [1.165, 1.54) is 4.57 Å². The van der Waals surface area contributed by atoms with E-state index in [0.717, 1.165) is 0 Å². The number of nitrogens with one attached hydrogen (secondary N) is 1. The second-order valence-electron chi connectivity index (χ2n) is 5.39. The number of hydrogen-bond acceptors (Lipinski definition) is 4. The van der Waals surface area contributed by atoms with Gasteiger partial charge in [0.05, 0.1) is 29.8 Å². The Kier molecular flexibility index (Phi) is 3.68. The van der Waals surface area contributed by atoms with Crippen molar-refractivity contribution < 1.29 is 4.42 Å². The van der Waals surface area contributed by atoms with Crippen molar-refractivity contribution in [2.24, 2.45) is 0 Å². The van der Waals surface area contributed by atoms with Gasteiger partial charge in [-0.3, -0.25) is 14.3 Å². The first-order valence-corrected chi connectivity index (χ1v) is 6.99. The molecule has 0 aliphatic rings. The molecule has 6 heteroatoms. The summed E-state index contributed by atoms with van der Waals surface area (Å²) in [5.41, 5.74) is -0.159. The first kappa shape index (κ1) is 14.3. The molecule has 0 fully saturated rings. The van der Waals surface area contributed by atoms with E-state index in [-0.39, 0.29) is 18.1 Å². The highest BCUT2D eigenvalue weighted by Gasteiger charge is 2.20. The Balaban J connectivity index is 2.10. The average molecular weight is 299 g/mol. The Morgan fingerprint density at radius 3 is 2.64 bits per heavy atom. The molecule has 3 rings (SSSR count). The lowest BCUT2D eigenvalue weighted by molar-refractivity contribution is 0.228. The van der Waals surface area contributed by atoms with E-state index in [9.17, 15) is 9.59 Å². The van der Waals surface area contributed by atoms with Crippen LogP contribution in [0.5, 0.6) is 0 Å². The number of furan rings is 1. The first-order valence-electron chi connectivity index (χ1n) is 6.99. The van der Waals surface area contributed by atoms with E-state index in [2.05, 4.69) is 4.98 Å². The Morgan fingerprint density at radius 2 is 1.95 bits per heavy atom. The molecule has 1 atom stereocenters. The molecule has 0 spiro atoms. The molecule has 0 radical (unpaired) electrons. The van der Waals surface area contributed by atoms with Gasteiger partial charge in [0.2, 0.25) is 0 Å². The van der Waals surface area contributed by atoms with Crippen molar-refractivity contribution in [1.29, 1.82) is 0 Å². The van der Waals surface area contributed by atoms with Crippen molar-refractivity contribution in [3.05, 3.63) is 69.3 Å². The number of nitrogens with zero attached hydrogens (tertiary/aromatic N) is 2. The molecule has 0 aliphatic heterocycles. The highest BCUT2D eigenvalue weighted by atomic mass is 16.3. The normalized spacial score (nSPS) is 12.9. The van der Waals surface area contributed by atoms with Crippen LogP contribution < -0.4 is 11.2 Å². The largest absolute Gasteiger partial charge is 0.468 e. The molecule has 6 nitrogen and oxygen atoms in total. The number of aromatic amines is 1. The lowest BCUT2D eigenvalue weighted by Gasteiger charge is -2.22. The van der Waals surface area contributed by atoms with Gasteiger partial charge in [0, 0.05) is 0 Å². The highest BCUT2D eigenvalue weighted by molar-refractivity contribution is 5.76. The molecular formula is C16H17N3O3. The van der Waals surface area contributed by atoms with Crippen LogP contribution in [-0.4, -0.2) is 28.5 Å². The summed E-state index contributed by atoms with van der Waals surface area (Å²) in [6, 6.07) is 10.4. The van der Waals surface area contributed by atoms with Crippen molar-refractivity contribution in [3.63, 3.8) is 0 Å². The first-order chi connectivity index (χ1) is 10.6. The minimum Gasteiger partial charge on any atom is -0.468 e. The fourth-order valence-electron chi connectivity index (χ4n) is 2.53. The summed E-state index contributed by atoms with van der Waals surface area (Å²) < 4.78 is 6.64. The molecule has 0 amide bonds. The monoisotopic (exact) mass is 299 g/mol. The van der Waals surface area contributed by atoms with Gasteiger partial charge in [-0.25, -0.2) is 4.79 Å². The maximum atomic E-state index is 12.6. The molecule has 0 unspecified atom stereocenters. The lowest BCUT2D eigenvalue weighted by Crippen LogP contribution is -2.39. The molecule has 22 heavy (non-hydrogen) atoms. The topological polar surface area (TPSA) is 71.2 Å². The van der Waals surface area contributed by atoms with Crippen LogP contribution >= 0.6 is 0 Å². The van der Waals surface area contributed by atoms with E-state index < -0.39 is 5.69 Å². The number of fused-ring (bicyclic) bond motifs is 1. The van der Waals surface area contributed by atoms with Gasteiger partial charge >= 0.3 is 5.69 Å². The van der Waals surface area contributed by atoms with Crippen LogP contribution in [0.25, 0.3) is 10.9 Å². The highest BCUT2D eigenvalue weighted by Crippen LogP contribution is 2.19. The van der Waals surface area contributed by atoms with Gasteiger partial charge in [-0.1, -0.05) is 12.1 Å². The molecule has 0 saturated carbocycles. The number of rotatable bonds is 4. The van der Waals surface area contributed by atoms with E-state index >= 15 is 0 Å². The molecule has 0 saturated heterocycles. The summed E-state index contributed by atoms with van der Waals surface area (Å²) in [6.45, 7) is 0.222. The van der Waals surface area contributed by atoms with Crippen LogP contribution in [0.4, 0.5) is 0 Å². The van der Waals surface area contributed by atoms with Crippen LogP contribution in [0.3, 0.4) is 0 Å². The molecule has 1 N–H and O–H groups in total. The van der Waals surface area contributed by atoms with E-state index in [4.69, 9.17) is 4.42 Å². The Bertz CT molecular complexity index is 891. The average Bonchev–Trinajstić information content (AvgIpc) is 3.00. The fraction of sp³-hybridized carbons (Fsp3) is 0.250. The quantitative estimate of drug-likeness (QED) is 0.794. The van der Waals surface area contributed by atoms with E-state index in [1.807, 2.05) is 25.1 Å². The smallest absolute Gasteiger partial charge is 0.328 e. The molecule has 114 valence electrons. The number of benzene rings is 1. The Labute approximate surface area is 126 Å². The van der Waals surface area contributed by atoms with Gasteiger partial charge in [0.1, 0.15) is 5.76 Å². The van der Waals surface area contributed by atoms with Gasteiger partial charge < -0.3 is 9.40 Å². The van der Waals surface area contributed by atoms with Crippen molar-refractivity contribution in [2.45, 2.75) is 12.6 Å². The third-order valence-electron chi connectivity index (χ3n) is 3.74.